The molecule has 0 aliphatic rings. The third-order valence-electron chi connectivity index (χ3n) is 1.84. The van der Waals surface area contributed by atoms with Gasteiger partial charge in [-0.05, 0) is 24.1 Å². The number of anilines is 1. The minimum Gasteiger partial charge on any atom is -0.493 e. The van der Waals surface area contributed by atoms with Crippen LogP contribution in [0.4, 0.5) is 14.5 Å². The zero-order valence-corrected chi connectivity index (χ0v) is 8.84. The molecule has 1 aromatic carbocycles. The van der Waals surface area contributed by atoms with Crippen molar-refractivity contribution in [3.05, 3.63) is 23.8 Å². The average molecular weight is 215 g/mol. The summed E-state index contributed by atoms with van der Waals surface area (Å²) in [5, 5.41) is 0. The Balaban J connectivity index is 2.86. The fourth-order valence-corrected chi connectivity index (χ4v) is 1.13. The molecule has 0 radical (unpaired) electrons. The van der Waals surface area contributed by atoms with Gasteiger partial charge in [0.2, 0.25) is 0 Å². The van der Waals surface area contributed by atoms with E-state index in [1.807, 2.05) is 13.8 Å². The molecule has 0 aliphatic carbocycles. The Morgan fingerprint density at radius 3 is 2.53 bits per heavy atom. The Morgan fingerprint density at radius 2 is 2.00 bits per heavy atom. The number of hydrogen-bond donors (Lipinski definition) is 1. The molecule has 0 atom stereocenters. The van der Waals surface area contributed by atoms with E-state index in [9.17, 15) is 8.78 Å². The van der Waals surface area contributed by atoms with Gasteiger partial charge in [-0.2, -0.15) is 0 Å². The third kappa shape index (κ3) is 3.38. The van der Waals surface area contributed by atoms with Gasteiger partial charge in [0, 0.05) is 5.69 Å². The van der Waals surface area contributed by atoms with Crippen molar-refractivity contribution in [1.82, 2.24) is 0 Å². The van der Waals surface area contributed by atoms with Crippen molar-refractivity contribution in [3.63, 3.8) is 0 Å². The first-order valence-corrected chi connectivity index (χ1v) is 4.81. The SMILES string of the molecule is CC(C)COc1ccc(N)cc1C(F)F. The molecule has 0 aliphatic heterocycles. The minimum absolute atomic E-state index is 0.143. The average Bonchev–Trinajstić information content (AvgIpc) is 2.15. The summed E-state index contributed by atoms with van der Waals surface area (Å²) in [7, 11) is 0. The lowest BCUT2D eigenvalue weighted by molar-refractivity contribution is 0.143. The smallest absolute Gasteiger partial charge is 0.267 e. The number of nitrogens with two attached hydrogens (primary N) is 1. The fraction of sp³-hybridized carbons (Fsp3) is 0.455. The quantitative estimate of drug-likeness (QED) is 0.782. The van der Waals surface area contributed by atoms with E-state index >= 15 is 0 Å². The number of hydrogen-bond acceptors (Lipinski definition) is 2. The highest BCUT2D eigenvalue weighted by Gasteiger charge is 2.14. The number of alkyl halides is 2. The van der Waals surface area contributed by atoms with Crippen molar-refractivity contribution < 1.29 is 13.5 Å². The molecule has 84 valence electrons. The monoisotopic (exact) mass is 215 g/mol. The molecule has 0 saturated heterocycles. The number of benzene rings is 1. The van der Waals surface area contributed by atoms with Crippen LogP contribution in [0.3, 0.4) is 0 Å². The summed E-state index contributed by atoms with van der Waals surface area (Å²) in [6.07, 6.45) is -2.56. The van der Waals surface area contributed by atoms with E-state index in [2.05, 4.69) is 0 Å². The second-order valence-electron chi connectivity index (χ2n) is 3.80. The first-order chi connectivity index (χ1) is 7.00. The van der Waals surface area contributed by atoms with E-state index in [1.165, 1.54) is 12.1 Å². The summed E-state index contributed by atoms with van der Waals surface area (Å²) in [4.78, 5) is 0. The summed E-state index contributed by atoms with van der Waals surface area (Å²) in [5.41, 5.74) is 5.61. The highest BCUT2D eigenvalue weighted by Crippen LogP contribution is 2.30. The molecule has 4 heteroatoms. The molecule has 0 amide bonds. The van der Waals surface area contributed by atoms with Crippen LogP contribution >= 0.6 is 0 Å². The third-order valence-corrected chi connectivity index (χ3v) is 1.84. The molecular weight excluding hydrogens is 200 g/mol. The second kappa shape index (κ2) is 4.96. The summed E-state index contributed by atoms with van der Waals surface area (Å²) >= 11 is 0. The van der Waals surface area contributed by atoms with E-state index in [0.717, 1.165) is 0 Å². The van der Waals surface area contributed by atoms with Crippen LogP contribution in [0.25, 0.3) is 0 Å². The molecule has 0 heterocycles. The Hall–Kier alpha value is -1.32. The zero-order chi connectivity index (χ0) is 11.4. The lowest BCUT2D eigenvalue weighted by atomic mass is 10.2. The van der Waals surface area contributed by atoms with Crippen molar-refractivity contribution in [2.24, 2.45) is 5.92 Å². The Labute approximate surface area is 88.0 Å². The first kappa shape index (κ1) is 11.8. The maximum atomic E-state index is 12.6. The molecular formula is C11H15F2NO. The summed E-state index contributed by atoms with van der Waals surface area (Å²) < 4.78 is 30.5. The van der Waals surface area contributed by atoms with Crippen LogP contribution in [-0.2, 0) is 0 Å². The largest absolute Gasteiger partial charge is 0.493 e. The molecule has 0 fully saturated rings. The maximum absolute atomic E-state index is 12.6. The molecule has 0 unspecified atom stereocenters. The van der Waals surface area contributed by atoms with Crippen LogP contribution in [0, 0.1) is 5.92 Å². The standard InChI is InChI=1S/C11H15F2NO/c1-7(2)6-15-10-4-3-8(14)5-9(10)11(12)13/h3-5,7,11H,6,14H2,1-2H3. The Morgan fingerprint density at radius 1 is 1.33 bits per heavy atom. The number of nitrogen functional groups attached to an aromatic ring is 1. The first-order valence-electron chi connectivity index (χ1n) is 4.81. The molecule has 15 heavy (non-hydrogen) atoms. The number of halogens is 2. The van der Waals surface area contributed by atoms with Crippen LogP contribution in [0.1, 0.15) is 25.8 Å². The van der Waals surface area contributed by atoms with Crippen LogP contribution < -0.4 is 10.5 Å². The van der Waals surface area contributed by atoms with Gasteiger partial charge in [0.1, 0.15) is 5.75 Å². The summed E-state index contributed by atoms with van der Waals surface area (Å²) in [6, 6.07) is 4.29. The van der Waals surface area contributed by atoms with Gasteiger partial charge in [0.05, 0.1) is 12.2 Å². The van der Waals surface area contributed by atoms with Crippen molar-refractivity contribution in [2.45, 2.75) is 20.3 Å². The second-order valence-corrected chi connectivity index (χ2v) is 3.80. The van der Waals surface area contributed by atoms with Crippen molar-refractivity contribution in [2.75, 3.05) is 12.3 Å². The molecule has 2 nitrogen and oxygen atoms in total. The topological polar surface area (TPSA) is 35.2 Å². The lowest BCUT2D eigenvalue weighted by Crippen LogP contribution is -2.06. The van der Waals surface area contributed by atoms with Crippen LogP contribution in [-0.4, -0.2) is 6.61 Å². The normalized spacial score (nSPS) is 11.1. The summed E-state index contributed by atoms with van der Waals surface area (Å²) in [6.45, 7) is 4.34. The van der Waals surface area contributed by atoms with Crippen LogP contribution in [0.2, 0.25) is 0 Å². The maximum Gasteiger partial charge on any atom is 0.267 e. The van der Waals surface area contributed by atoms with Crippen LogP contribution in [0.15, 0.2) is 18.2 Å². The van der Waals surface area contributed by atoms with Gasteiger partial charge >= 0.3 is 0 Å². The molecule has 0 bridgehead atoms. The highest BCUT2D eigenvalue weighted by molar-refractivity contribution is 5.48. The molecule has 0 saturated carbocycles. The predicted molar refractivity (Wildman–Crippen MR) is 56.1 cm³/mol. The Kier molecular flexibility index (Phi) is 3.88. The van der Waals surface area contributed by atoms with E-state index < -0.39 is 6.43 Å². The van der Waals surface area contributed by atoms with Gasteiger partial charge in [-0.25, -0.2) is 8.78 Å². The zero-order valence-electron chi connectivity index (χ0n) is 8.84. The van der Waals surface area contributed by atoms with E-state index in [4.69, 9.17) is 10.5 Å². The van der Waals surface area contributed by atoms with Crippen molar-refractivity contribution in [3.8, 4) is 5.75 Å². The lowest BCUT2D eigenvalue weighted by Gasteiger charge is -2.13. The highest BCUT2D eigenvalue weighted by atomic mass is 19.3. The van der Waals surface area contributed by atoms with E-state index in [-0.39, 0.29) is 11.3 Å². The van der Waals surface area contributed by atoms with Gasteiger partial charge in [0.15, 0.2) is 0 Å². The van der Waals surface area contributed by atoms with Gasteiger partial charge in [-0.15, -0.1) is 0 Å². The molecule has 0 spiro atoms. The van der Waals surface area contributed by atoms with E-state index in [1.54, 1.807) is 6.07 Å². The van der Waals surface area contributed by atoms with Crippen molar-refractivity contribution >= 4 is 5.69 Å². The predicted octanol–water partition coefficient (Wildman–Crippen LogP) is 3.24. The molecule has 1 aromatic rings. The van der Waals surface area contributed by atoms with Gasteiger partial charge in [-0.1, -0.05) is 13.8 Å². The number of ether oxygens (including phenoxy) is 1. The fourth-order valence-electron chi connectivity index (χ4n) is 1.13. The minimum atomic E-state index is -2.56. The molecule has 0 aromatic heterocycles. The van der Waals surface area contributed by atoms with Gasteiger partial charge < -0.3 is 10.5 Å². The van der Waals surface area contributed by atoms with E-state index in [0.29, 0.717) is 18.2 Å². The van der Waals surface area contributed by atoms with Crippen LogP contribution in [0.5, 0.6) is 5.75 Å². The number of rotatable bonds is 4. The van der Waals surface area contributed by atoms with Gasteiger partial charge in [0.25, 0.3) is 6.43 Å². The Bertz CT molecular complexity index is 326. The molecule has 1 rings (SSSR count). The summed E-state index contributed by atoms with van der Waals surface area (Å²) in [5.74, 6) is 0.515. The molecule has 2 N–H and O–H groups in total. The van der Waals surface area contributed by atoms with Gasteiger partial charge in [-0.3, -0.25) is 0 Å². The van der Waals surface area contributed by atoms with Crippen molar-refractivity contribution in [1.29, 1.82) is 0 Å².